The molecule has 10 nitrogen and oxygen atoms in total. The van der Waals surface area contributed by atoms with Crippen LogP contribution in [0.3, 0.4) is 0 Å². The molecule has 0 amide bonds. The molecule has 4 rings (SSSR count). The molecule has 0 radical (unpaired) electrons. The molecule has 28 heavy (non-hydrogen) atoms. The van der Waals surface area contributed by atoms with E-state index in [-0.39, 0.29) is 10.9 Å². The molecule has 1 aromatic carbocycles. The van der Waals surface area contributed by atoms with Gasteiger partial charge in [0.15, 0.2) is 0 Å². The summed E-state index contributed by atoms with van der Waals surface area (Å²) in [5, 5.41) is 3.04. The van der Waals surface area contributed by atoms with Crippen molar-refractivity contribution in [3.8, 4) is 0 Å². The van der Waals surface area contributed by atoms with Gasteiger partial charge >= 0.3 is 0 Å². The van der Waals surface area contributed by atoms with Crippen molar-refractivity contribution in [1.29, 1.82) is 0 Å². The fourth-order valence-corrected chi connectivity index (χ4v) is 4.98. The van der Waals surface area contributed by atoms with Gasteiger partial charge in [-0.15, -0.1) is 0 Å². The SMILES string of the molecule is O=S(=O)(NC1=NCN(CCCN2CCOCC2)CN1)c1cccc2nsnc12. The average Bonchev–Trinajstić information content (AvgIpc) is 3.19. The maximum absolute atomic E-state index is 12.7. The molecule has 1 saturated heterocycles. The normalized spacial score (nSPS) is 19.4. The molecule has 3 heterocycles. The van der Waals surface area contributed by atoms with Gasteiger partial charge in [0.2, 0.25) is 5.96 Å². The summed E-state index contributed by atoms with van der Waals surface area (Å²) in [7, 11) is -3.78. The van der Waals surface area contributed by atoms with Crippen LogP contribution in [0.4, 0.5) is 0 Å². The van der Waals surface area contributed by atoms with Crippen molar-refractivity contribution in [2.45, 2.75) is 11.3 Å². The first kappa shape index (κ1) is 19.5. The molecule has 0 unspecified atom stereocenters. The third-order valence-electron chi connectivity index (χ3n) is 4.72. The number of nitrogens with one attached hydrogen (secondary N) is 2. The van der Waals surface area contributed by atoms with Crippen LogP contribution < -0.4 is 10.0 Å². The number of nitrogens with zero attached hydrogens (tertiary/aromatic N) is 5. The Morgan fingerprint density at radius 2 is 2.00 bits per heavy atom. The third kappa shape index (κ3) is 4.58. The number of aliphatic imine (C=N–C) groups is 1. The summed E-state index contributed by atoms with van der Waals surface area (Å²) in [6.07, 6.45) is 1.04. The Morgan fingerprint density at radius 1 is 1.18 bits per heavy atom. The second kappa shape index (κ2) is 8.66. The van der Waals surface area contributed by atoms with Crippen LogP contribution in [-0.4, -0.2) is 85.7 Å². The predicted octanol–water partition coefficient (Wildman–Crippen LogP) is -0.132. The number of rotatable bonds is 6. The lowest BCUT2D eigenvalue weighted by atomic mass is 10.3. The molecule has 0 bridgehead atoms. The Labute approximate surface area is 168 Å². The van der Waals surface area contributed by atoms with Gasteiger partial charge in [-0.2, -0.15) is 8.75 Å². The second-order valence-electron chi connectivity index (χ2n) is 6.68. The zero-order valence-corrected chi connectivity index (χ0v) is 17.0. The molecule has 0 atom stereocenters. The fraction of sp³-hybridized carbons (Fsp3) is 0.562. The molecular formula is C16H23N7O3S2. The molecule has 0 aliphatic carbocycles. The van der Waals surface area contributed by atoms with Gasteiger partial charge in [0.25, 0.3) is 10.0 Å². The minimum atomic E-state index is -3.78. The summed E-state index contributed by atoms with van der Waals surface area (Å²) in [4.78, 5) is 8.98. The van der Waals surface area contributed by atoms with E-state index in [0.717, 1.165) is 57.5 Å². The number of ether oxygens (including phenoxy) is 1. The number of benzene rings is 1. The van der Waals surface area contributed by atoms with E-state index in [1.54, 1.807) is 12.1 Å². The number of morpholine rings is 1. The van der Waals surface area contributed by atoms with Gasteiger partial charge in [-0.3, -0.25) is 9.80 Å². The lowest BCUT2D eigenvalue weighted by Crippen LogP contribution is -2.50. The lowest BCUT2D eigenvalue weighted by Gasteiger charge is -2.29. The van der Waals surface area contributed by atoms with Gasteiger partial charge in [0.05, 0.1) is 38.3 Å². The highest BCUT2D eigenvalue weighted by molar-refractivity contribution is 7.90. The molecule has 0 saturated carbocycles. The standard InChI is InChI=1S/C16H23N7O3S2/c24-28(25,14-4-1-3-13-15(14)20-27-19-13)21-16-17-11-23(12-18-16)6-2-5-22-7-9-26-10-8-22/h1,3-4H,2,5-12H2,(H2,17,18,21). The van der Waals surface area contributed by atoms with E-state index in [2.05, 4.69) is 33.6 Å². The van der Waals surface area contributed by atoms with Crippen molar-refractivity contribution in [3.63, 3.8) is 0 Å². The molecule has 1 fully saturated rings. The van der Waals surface area contributed by atoms with Crippen molar-refractivity contribution in [1.82, 2.24) is 28.6 Å². The van der Waals surface area contributed by atoms with Crippen LogP contribution in [0.1, 0.15) is 6.42 Å². The van der Waals surface area contributed by atoms with Gasteiger partial charge in [-0.25, -0.2) is 18.1 Å². The molecule has 2 aromatic rings. The van der Waals surface area contributed by atoms with Crippen molar-refractivity contribution >= 4 is 38.7 Å². The number of hydrogen-bond acceptors (Lipinski definition) is 10. The molecule has 2 aliphatic heterocycles. The maximum atomic E-state index is 12.7. The minimum absolute atomic E-state index is 0.108. The van der Waals surface area contributed by atoms with E-state index in [0.29, 0.717) is 24.4 Å². The van der Waals surface area contributed by atoms with Crippen LogP contribution in [0.5, 0.6) is 0 Å². The van der Waals surface area contributed by atoms with E-state index in [1.165, 1.54) is 6.07 Å². The van der Waals surface area contributed by atoms with Gasteiger partial charge in [0.1, 0.15) is 15.9 Å². The van der Waals surface area contributed by atoms with E-state index in [9.17, 15) is 8.42 Å². The Balaban J connectivity index is 1.30. The maximum Gasteiger partial charge on any atom is 0.266 e. The largest absolute Gasteiger partial charge is 0.379 e. The Hall–Kier alpha value is -1.86. The summed E-state index contributed by atoms with van der Waals surface area (Å²) >= 11 is 0.992. The van der Waals surface area contributed by atoms with Crippen LogP contribution in [0.2, 0.25) is 0 Å². The highest BCUT2D eigenvalue weighted by Gasteiger charge is 2.23. The van der Waals surface area contributed by atoms with Crippen LogP contribution in [0.25, 0.3) is 11.0 Å². The fourth-order valence-electron chi connectivity index (χ4n) is 3.20. The molecular weight excluding hydrogens is 402 g/mol. The van der Waals surface area contributed by atoms with Crippen molar-refractivity contribution in [2.24, 2.45) is 4.99 Å². The summed E-state index contributed by atoms with van der Waals surface area (Å²) < 4.78 is 41.5. The van der Waals surface area contributed by atoms with Crippen LogP contribution in [0.15, 0.2) is 28.1 Å². The third-order valence-corrected chi connectivity index (χ3v) is 6.63. The van der Waals surface area contributed by atoms with E-state index >= 15 is 0 Å². The highest BCUT2D eigenvalue weighted by atomic mass is 32.2. The second-order valence-corrected chi connectivity index (χ2v) is 8.86. The van der Waals surface area contributed by atoms with Gasteiger partial charge in [0, 0.05) is 19.6 Å². The summed E-state index contributed by atoms with van der Waals surface area (Å²) in [6, 6.07) is 4.92. The molecule has 0 spiro atoms. The molecule has 152 valence electrons. The van der Waals surface area contributed by atoms with E-state index < -0.39 is 10.0 Å². The molecule has 2 N–H and O–H groups in total. The van der Waals surface area contributed by atoms with Gasteiger partial charge < -0.3 is 10.1 Å². The number of guanidine groups is 1. The van der Waals surface area contributed by atoms with Crippen molar-refractivity contribution in [3.05, 3.63) is 18.2 Å². The Bertz CT molecular complexity index is 941. The summed E-state index contributed by atoms with van der Waals surface area (Å²) in [5.74, 6) is 0.254. The summed E-state index contributed by atoms with van der Waals surface area (Å²) in [6.45, 7) is 6.54. The molecule has 1 aromatic heterocycles. The Kier molecular flexibility index (Phi) is 6.01. The Morgan fingerprint density at radius 3 is 2.79 bits per heavy atom. The summed E-state index contributed by atoms with van der Waals surface area (Å²) in [5.41, 5.74) is 0.944. The van der Waals surface area contributed by atoms with Gasteiger partial charge in [-0.05, 0) is 25.1 Å². The zero-order chi connectivity index (χ0) is 19.4. The van der Waals surface area contributed by atoms with Crippen LogP contribution in [-0.2, 0) is 14.8 Å². The molecule has 12 heteroatoms. The minimum Gasteiger partial charge on any atom is -0.379 e. The first-order valence-electron chi connectivity index (χ1n) is 9.17. The number of aromatic nitrogens is 2. The molecule has 2 aliphatic rings. The van der Waals surface area contributed by atoms with E-state index in [1.807, 2.05) is 0 Å². The van der Waals surface area contributed by atoms with Crippen LogP contribution >= 0.6 is 11.7 Å². The van der Waals surface area contributed by atoms with Crippen molar-refractivity contribution in [2.75, 3.05) is 52.7 Å². The monoisotopic (exact) mass is 425 g/mol. The van der Waals surface area contributed by atoms with Crippen molar-refractivity contribution < 1.29 is 13.2 Å². The first-order chi connectivity index (χ1) is 13.6. The number of sulfonamides is 1. The quantitative estimate of drug-likeness (QED) is 0.658. The van der Waals surface area contributed by atoms with Crippen LogP contribution in [0, 0.1) is 0 Å². The lowest BCUT2D eigenvalue weighted by molar-refractivity contribution is 0.0360. The zero-order valence-electron chi connectivity index (χ0n) is 15.4. The van der Waals surface area contributed by atoms with E-state index in [4.69, 9.17) is 4.74 Å². The topological polar surface area (TPSA) is 112 Å². The predicted molar refractivity (Wildman–Crippen MR) is 107 cm³/mol. The average molecular weight is 426 g/mol. The first-order valence-corrected chi connectivity index (χ1v) is 11.4. The number of fused-ring (bicyclic) bond motifs is 1. The number of hydrogen-bond donors (Lipinski definition) is 2. The van der Waals surface area contributed by atoms with Gasteiger partial charge in [-0.1, -0.05) is 6.07 Å². The highest BCUT2D eigenvalue weighted by Crippen LogP contribution is 2.20. The smallest absolute Gasteiger partial charge is 0.266 e.